The third-order valence-electron chi connectivity index (χ3n) is 2.54. The quantitative estimate of drug-likeness (QED) is 0.712. The Bertz CT molecular complexity index is 581. The van der Waals surface area contributed by atoms with E-state index in [0.29, 0.717) is 5.56 Å². The second-order valence-electron chi connectivity index (χ2n) is 3.92. The molecule has 18 heavy (non-hydrogen) atoms. The highest BCUT2D eigenvalue weighted by Gasteiger charge is 2.07. The summed E-state index contributed by atoms with van der Waals surface area (Å²) in [5.74, 6) is -0.100. The average Bonchev–Trinajstić information content (AvgIpc) is 2.35. The number of hydrogen-bond donors (Lipinski definition) is 1. The van der Waals surface area contributed by atoms with Crippen molar-refractivity contribution in [1.82, 2.24) is 0 Å². The number of rotatable bonds is 2. The van der Waals surface area contributed by atoms with E-state index in [1.165, 1.54) is 0 Å². The van der Waals surface area contributed by atoms with E-state index in [4.69, 9.17) is 0 Å². The zero-order chi connectivity index (χ0) is 13.1. The fourth-order valence-corrected chi connectivity index (χ4v) is 2.21. The maximum atomic E-state index is 12.0. The topological polar surface area (TPSA) is 29.1 Å². The van der Waals surface area contributed by atoms with Crippen molar-refractivity contribution in [3.63, 3.8) is 0 Å². The van der Waals surface area contributed by atoms with Crippen LogP contribution in [-0.4, -0.2) is 5.91 Å². The molecule has 0 bridgehead atoms. The lowest BCUT2D eigenvalue weighted by atomic mass is 10.1. The summed E-state index contributed by atoms with van der Waals surface area (Å²) in [5.41, 5.74) is 2.56. The molecule has 4 heteroatoms. The number of nitrogens with one attached hydrogen (secondary N) is 1. The Balaban J connectivity index is 2.16. The summed E-state index contributed by atoms with van der Waals surface area (Å²) >= 11 is 5.66. The molecule has 0 spiro atoms. The Labute approximate surface area is 128 Å². The molecule has 2 aromatic carbocycles. The van der Waals surface area contributed by atoms with Crippen molar-refractivity contribution in [3.05, 3.63) is 61.6 Å². The van der Waals surface area contributed by atoms with E-state index >= 15 is 0 Å². The van der Waals surface area contributed by atoms with Crippen molar-refractivity contribution in [3.8, 4) is 0 Å². The Hall–Kier alpha value is -0.880. The maximum Gasteiger partial charge on any atom is 0.255 e. The van der Waals surface area contributed by atoms with Crippen LogP contribution in [0.3, 0.4) is 0 Å². The Morgan fingerprint density at radius 2 is 1.83 bits per heavy atom. The first-order valence-electron chi connectivity index (χ1n) is 5.39. The number of benzene rings is 2. The number of anilines is 1. The van der Waals surface area contributed by atoms with Gasteiger partial charge in [-0.05, 0) is 71.5 Å². The van der Waals surface area contributed by atoms with Gasteiger partial charge in [-0.15, -0.1) is 0 Å². The summed E-state index contributed by atoms with van der Waals surface area (Å²) in [5, 5.41) is 2.87. The maximum absolute atomic E-state index is 12.0. The van der Waals surface area contributed by atoms with Crippen LogP contribution in [0.4, 0.5) is 5.69 Å². The average molecular weight is 416 g/mol. The van der Waals surface area contributed by atoms with Gasteiger partial charge in [0.2, 0.25) is 0 Å². The summed E-state index contributed by atoms with van der Waals surface area (Å²) < 4.78 is 2.08. The van der Waals surface area contributed by atoms with Crippen LogP contribution < -0.4 is 5.32 Å². The normalized spacial score (nSPS) is 10.2. The van der Waals surface area contributed by atoms with Gasteiger partial charge < -0.3 is 5.32 Å². The number of carbonyl (C=O) groups excluding carboxylic acids is 1. The zero-order valence-corrected chi connectivity index (χ0v) is 13.4. The third kappa shape index (κ3) is 3.32. The number of amides is 1. The molecule has 0 fully saturated rings. The second kappa shape index (κ2) is 5.84. The highest BCUT2D eigenvalue weighted by molar-refractivity contribution is 14.1. The van der Waals surface area contributed by atoms with Crippen molar-refractivity contribution >= 4 is 50.1 Å². The van der Waals surface area contributed by atoms with Crippen molar-refractivity contribution in [2.75, 3.05) is 5.32 Å². The van der Waals surface area contributed by atoms with Gasteiger partial charge in [-0.1, -0.05) is 22.0 Å². The summed E-state index contributed by atoms with van der Waals surface area (Å²) in [6.45, 7) is 1.99. The first kappa shape index (κ1) is 13.5. The summed E-state index contributed by atoms with van der Waals surface area (Å²) in [6, 6.07) is 13.3. The molecule has 0 saturated heterocycles. The summed E-state index contributed by atoms with van der Waals surface area (Å²) in [7, 11) is 0. The number of carbonyl (C=O) groups is 1. The van der Waals surface area contributed by atoms with Crippen LogP contribution in [0, 0.1) is 10.5 Å². The van der Waals surface area contributed by atoms with Crippen LogP contribution in [-0.2, 0) is 0 Å². The molecule has 2 aromatic rings. The van der Waals surface area contributed by atoms with Crippen LogP contribution in [0.25, 0.3) is 0 Å². The molecule has 0 radical (unpaired) electrons. The van der Waals surface area contributed by atoms with Gasteiger partial charge in [0.05, 0.1) is 0 Å². The van der Waals surface area contributed by atoms with Gasteiger partial charge in [0.25, 0.3) is 5.91 Å². The fourth-order valence-electron chi connectivity index (χ4n) is 1.47. The van der Waals surface area contributed by atoms with Gasteiger partial charge in [0.1, 0.15) is 0 Å². The van der Waals surface area contributed by atoms with Gasteiger partial charge in [-0.25, -0.2) is 0 Å². The minimum Gasteiger partial charge on any atom is -0.322 e. The van der Waals surface area contributed by atoms with Crippen molar-refractivity contribution in [2.24, 2.45) is 0 Å². The van der Waals surface area contributed by atoms with E-state index in [1.807, 2.05) is 49.4 Å². The Kier molecular flexibility index (Phi) is 4.40. The second-order valence-corrected chi connectivity index (χ2v) is 6.02. The van der Waals surface area contributed by atoms with Gasteiger partial charge in [0.15, 0.2) is 0 Å². The van der Waals surface area contributed by atoms with Gasteiger partial charge >= 0.3 is 0 Å². The van der Waals surface area contributed by atoms with Crippen molar-refractivity contribution in [1.29, 1.82) is 0 Å². The van der Waals surface area contributed by atoms with Crippen LogP contribution in [0.5, 0.6) is 0 Å². The molecule has 0 atom stereocenters. The molecule has 0 aliphatic rings. The Morgan fingerprint density at radius 3 is 2.44 bits per heavy atom. The van der Waals surface area contributed by atoms with E-state index in [0.717, 1.165) is 19.3 Å². The monoisotopic (exact) mass is 415 g/mol. The molecule has 2 rings (SSSR count). The highest BCUT2D eigenvalue weighted by Crippen LogP contribution is 2.19. The summed E-state index contributed by atoms with van der Waals surface area (Å²) in [6.07, 6.45) is 0. The molecule has 1 N–H and O–H groups in total. The van der Waals surface area contributed by atoms with Gasteiger partial charge in [-0.3, -0.25) is 4.79 Å². The summed E-state index contributed by atoms with van der Waals surface area (Å²) in [4.78, 5) is 12.0. The van der Waals surface area contributed by atoms with Crippen LogP contribution in [0.2, 0.25) is 0 Å². The van der Waals surface area contributed by atoms with E-state index in [1.54, 1.807) is 0 Å². The molecule has 0 unspecified atom stereocenters. The van der Waals surface area contributed by atoms with Crippen LogP contribution in [0.15, 0.2) is 46.9 Å². The van der Waals surface area contributed by atoms with E-state index in [-0.39, 0.29) is 5.91 Å². The number of halogens is 2. The Morgan fingerprint density at radius 1 is 1.17 bits per heavy atom. The molecule has 0 aliphatic heterocycles. The van der Waals surface area contributed by atoms with Gasteiger partial charge in [-0.2, -0.15) is 0 Å². The highest BCUT2D eigenvalue weighted by atomic mass is 127. The molecular formula is C14H11BrINO. The van der Waals surface area contributed by atoms with E-state index in [2.05, 4.69) is 43.8 Å². The fraction of sp³-hybridized carbons (Fsp3) is 0.0714. The van der Waals surface area contributed by atoms with E-state index in [9.17, 15) is 4.79 Å². The minimum absolute atomic E-state index is 0.100. The van der Waals surface area contributed by atoms with Crippen molar-refractivity contribution in [2.45, 2.75) is 6.92 Å². The smallest absolute Gasteiger partial charge is 0.255 e. The number of aryl methyl sites for hydroxylation is 1. The molecule has 92 valence electrons. The van der Waals surface area contributed by atoms with Gasteiger partial charge in [0, 0.05) is 19.3 Å². The predicted octanol–water partition coefficient (Wildman–Crippen LogP) is 4.61. The molecule has 0 saturated carbocycles. The lowest BCUT2D eigenvalue weighted by Crippen LogP contribution is -2.11. The first-order valence-corrected chi connectivity index (χ1v) is 7.26. The lowest BCUT2D eigenvalue weighted by Gasteiger charge is -2.06. The SMILES string of the molecule is Cc1ccc(C(=O)Nc2ccc(I)cc2)cc1Br. The van der Waals surface area contributed by atoms with Crippen molar-refractivity contribution < 1.29 is 4.79 Å². The van der Waals surface area contributed by atoms with Crippen LogP contribution >= 0.6 is 38.5 Å². The predicted molar refractivity (Wildman–Crippen MR) is 86.0 cm³/mol. The number of hydrogen-bond acceptors (Lipinski definition) is 1. The molecular weight excluding hydrogens is 405 g/mol. The zero-order valence-electron chi connectivity index (χ0n) is 9.71. The van der Waals surface area contributed by atoms with E-state index < -0.39 is 0 Å². The first-order chi connectivity index (χ1) is 8.56. The third-order valence-corrected chi connectivity index (χ3v) is 4.11. The molecule has 0 aliphatic carbocycles. The molecule has 2 nitrogen and oxygen atoms in total. The molecule has 0 aromatic heterocycles. The molecule has 1 amide bonds. The minimum atomic E-state index is -0.100. The molecule has 0 heterocycles. The standard InChI is InChI=1S/C14H11BrINO/c1-9-2-3-10(8-13(9)15)14(18)17-12-6-4-11(16)5-7-12/h2-8H,1H3,(H,17,18). The largest absolute Gasteiger partial charge is 0.322 e. The lowest BCUT2D eigenvalue weighted by molar-refractivity contribution is 0.102. The van der Waals surface area contributed by atoms with Crippen LogP contribution in [0.1, 0.15) is 15.9 Å².